The Morgan fingerprint density at radius 2 is 1.81 bits per heavy atom. The van der Waals surface area contributed by atoms with Gasteiger partial charge < -0.3 is 9.84 Å². The van der Waals surface area contributed by atoms with E-state index in [9.17, 15) is 5.11 Å². The molecule has 0 heterocycles. The monoisotopic (exact) mass is 230 g/mol. The smallest absolute Gasteiger partial charge is 0.0544 e. The molecule has 3 unspecified atom stereocenters. The predicted molar refractivity (Wildman–Crippen MR) is 69.6 cm³/mol. The first kappa shape index (κ1) is 15.9. The molecule has 0 saturated carbocycles. The summed E-state index contributed by atoms with van der Waals surface area (Å²) in [5, 5.41) is 9.94. The van der Waals surface area contributed by atoms with Crippen LogP contribution in [0.2, 0.25) is 0 Å². The number of methoxy groups -OCH3 is 1. The fourth-order valence-corrected chi connectivity index (χ4v) is 2.03. The fraction of sp³-hybridized carbons (Fsp3) is 1.00. The van der Waals surface area contributed by atoms with Crippen molar-refractivity contribution in [2.45, 2.75) is 77.9 Å². The quantitative estimate of drug-likeness (QED) is 0.619. The summed E-state index contributed by atoms with van der Waals surface area (Å²) in [6.45, 7) is 6.51. The molecule has 0 fully saturated rings. The summed E-state index contributed by atoms with van der Waals surface area (Å²) in [5.74, 6) is 0.702. The van der Waals surface area contributed by atoms with E-state index in [2.05, 4.69) is 20.8 Å². The Hall–Kier alpha value is -0.0800. The number of ether oxygens (including phenoxy) is 1. The van der Waals surface area contributed by atoms with Gasteiger partial charge in [-0.2, -0.15) is 0 Å². The van der Waals surface area contributed by atoms with Crippen LogP contribution in [0.3, 0.4) is 0 Å². The van der Waals surface area contributed by atoms with Gasteiger partial charge in [-0.25, -0.2) is 0 Å². The molecule has 0 amide bonds. The van der Waals surface area contributed by atoms with Crippen molar-refractivity contribution >= 4 is 0 Å². The standard InChI is InChI=1S/C14H30O2/c1-5-7-8-13(6-2)11-14(15)10-9-12(3)16-4/h12-15H,5-11H2,1-4H3. The third kappa shape index (κ3) is 8.12. The van der Waals surface area contributed by atoms with Gasteiger partial charge in [0, 0.05) is 7.11 Å². The van der Waals surface area contributed by atoms with Crippen LogP contribution in [0.25, 0.3) is 0 Å². The van der Waals surface area contributed by atoms with E-state index in [1.807, 2.05) is 0 Å². The zero-order valence-corrected chi connectivity index (χ0v) is 11.5. The molecule has 0 aliphatic carbocycles. The second-order valence-electron chi connectivity index (χ2n) is 4.93. The highest BCUT2D eigenvalue weighted by Crippen LogP contribution is 2.20. The minimum atomic E-state index is -0.139. The predicted octanol–water partition coefficient (Wildman–Crippen LogP) is 3.77. The van der Waals surface area contributed by atoms with Gasteiger partial charge >= 0.3 is 0 Å². The minimum Gasteiger partial charge on any atom is -0.393 e. The molecule has 0 aromatic carbocycles. The molecule has 0 aromatic rings. The zero-order valence-electron chi connectivity index (χ0n) is 11.5. The summed E-state index contributed by atoms with van der Waals surface area (Å²) in [6.07, 6.45) is 7.94. The normalized spacial score (nSPS) is 17.1. The van der Waals surface area contributed by atoms with Crippen LogP contribution >= 0.6 is 0 Å². The maximum absolute atomic E-state index is 9.94. The average Bonchev–Trinajstić information content (AvgIpc) is 2.31. The summed E-state index contributed by atoms with van der Waals surface area (Å²) >= 11 is 0. The molecule has 0 rings (SSSR count). The lowest BCUT2D eigenvalue weighted by Crippen LogP contribution is -2.16. The van der Waals surface area contributed by atoms with Crippen LogP contribution in [-0.2, 0) is 4.74 Å². The van der Waals surface area contributed by atoms with Crippen molar-refractivity contribution in [2.75, 3.05) is 7.11 Å². The second kappa shape index (κ2) is 10.1. The molecule has 0 saturated heterocycles. The summed E-state index contributed by atoms with van der Waals surface area (Å²) in [7, 11) is 1.73. The first-order valence-corrected chi connectivity index (χ1v) is 6.84. The number of hydrogen-bond donors (Lipinski definition) is 1. The maximum Gasteiger partial charge on any atom is 0.0544 e. The molecular weight excluding hydrogens is 200 g/mol. The van der Waals surface area contributed by atoms with E-state index in [0.29, 0.717) is 5.92 Å². The lowest BCUT2D eigenvalue weighted by atomic mass is 9.91. The molecule has 0 aliphatic heterocycles. The Kier molecular flexibility index (Phi) is 10.0. The van der Waals surface area contributed by atoms with Crippen molar-refractivity contribution in [3.05, 3.63) is 0 Å². The summed E-state index contributed by atoms with van der Waals surface area (Å²) < 4.78 is 5.19. The summed E-state index contributed by atoms with van der Waals surface area (Å²) in [4.78, 5) is 0. The van der Waals surface area contributed by atoms with Crippen molar-refractivity contribution < 1.29 is 9.84 Å². The summed E-state index contributed by atoms with van der Waals surface area (Å²) in [6, 6.07) is 0. The third-order valence-corrected chi connectivity index (χ3v) is 3.46. The van der Waals surface area contributed by atoms with Gasteiger partial charge in [0.1, 0.15) is 0 Å². The van der Waals surface area contributed by atoms with Crippen molar-refractivity contribution in [3.8, 4) is 0 Å². The van der Waals surface area contributed by atoms with E-state index in [1.54, 1.807) is 7.11 Å². The third-order valence-electron chi connectivity index (χ3n) is 3.46. The number of rotatable bonds is 10. The first-order chi connectivity index (χ1) is 7.63. The average molecular weight is 230 g/mol. The molecule has 0 bridgehead atoms. The molecule has 0 aromatic heterocycles. The van der Waals surface area contributed by atoms with Crippen LogP contribution in [0.5, 0.6) is 0 Å². The van der Waals surface area contributed by atoms with E-state index >= 15 is 0 Å². The molecule has 98 valence electrons. The lowest BCUT2D eigenvalue weighted by molar-refractivity contribution is 0.0751. The SMILES string of the molecule is CCCCC(CC)CC(O)CCC(C)OC. The number of aliphatic hydroxyl groups is 1. The van der Waals surface area contributed by atoms with Crippen LogP contribution in [0.1, 0.15) is 65.7 Å². The Labute approximate surface area is 101 Å². The number of hydrogen-bond acceptors (Lipinski definition) is 2. The molecule has 0 spiro atoms. The molecular formula is C14H30O2. The van der Waals surface area contributed by atoms with Crippen molar-refractivity contribution in [1.82, 2.24) is 0 Å². The van der Waals surface area contributed by atoms with Gasteiger partial charge in [0.25, 0.3) is 0 Å². The maximum atomic E-state index is 9.94. The van der Waals surface area contributed by atoms with Gasteiger partial charge in [0.05, 0.1) is 12.2 Å². The molecule has 1 N–H and O–H groups in total. The van der Waals surface area contributed by atoms with Crippen LogP contribution in [-0.4, -0.2) is 24.4 Å². The highest BCUT2D eigenvalue weighted by atomic mass is 16.5. The van der Waals surface area contributed by atoms with E-state index in [1.165, 1.54) is 25.7 Å². The minimum absolute atomic E-state index is 0.139. The Bertz CT molecular complexity index is 148. The largest absolute Gasteiger partial charge is 0.393 e. The molecule has 2 nitrogen and oxygen atoms in total. The Morgan fingerprint density at radius 3 is 2.31 bits per heavy atom. The van der Waals surface area contributed by atoms with Crippen LogP contribution in [0.4, 0.5) is 0 Å². The van der Waals surface area contributed by atoms with Gasteiger partial charge in [0.15, 0.2) is 0 Å². The van der Waals surface area contributed by atoms with Gasteiger partial charge in [-0.3, -0.25) is 0 Å². The van der Waals surface area contributed by atoms with Crippen LogP contribution in [0.15, 0.2) is 0 Å². The van der Waals surface area contributed by atoms with E-state index in [0.717, 1.165) is 19.3 Å². The molecule has 16 heavy (non-hydrogen) atoms. The van der Waals surface area contributed by atoms with Gasteiger partial charge in [-0.05, 0) is 32.1 Å². The molecule has 0 radical (unpaired) electrons. The molecule has 3 atom stereocenters. The van der Waals surface area contributed by atoms with Gasteiger partial charge in [0.2, 0.25) is 0 Å². The first-order valence-electron chi connectivity index (χ1n) is 6.84. The van der Waals surface area contributed by atoms with Gasteiger partial charge in [-0.1, -0.05) is 39.5 Å². The van der Waals surface area contributed by atoms with E-state index in [-0.39, 0.29) is 12.2 Å². The number of aliphatic hydroxyl groups excluding tert-OH is 1. The number of unbranched alkanes of at least 4 members (excludes halogenated alkanes) is 1. The highest BCUT2D eigenvalue weighted by molar-refractivity contribution is 4.66. The van der Waals surface area contributed by atoms with Crippen LogP contribution in [0, 0.1) is 5.92 Å². The van der Waals surface area contributed by atoms with E-state index in [4.69, 9.17) is 4.74 Å². The summed E-state index contributed by atoms with van der Waals surface area (Å²) in [5.41, 5.74) is 0. The van der Waals surface area contributed by atoms with Crippen LogP contribution < -0.4 is 0 Å². The molecule has 0 aliphatic rings. The topological polar surface area (TPSA) is 29.5 Å². The Morgan fingerprint density at radius 1 is 1.12 bits per heavy atom. The Balaban J connectivity index is 3.68. The van der Waals surface area contributed by atoms with E-state index < -0.39 is 0 Å². The van der Waals surface area contributed by atoms with Crippen molar-refractivity contribution in [3.63, 3.8) is 0 Å². The molecule has 2 heteroatoms. The highest BCUT2D eigenvalue weighted by Gasteiger charge is 2.13. The van der Waals surface area contributed by atoms with Crippen molar-refractivity contribution in [1.29, 1.82) is 0 Å². The second-order valence-corrected chi connectivity index (χ2v) is 4.93. The van der Waals surface area contributed by atoms with Crippen molar-refractivity contribution in [2.24, 2.45) is 5.92 Å². The van der Waals surface area contributed by atoms with Gasteiger partial charge in [-0.15, -0.1) is 0 Å². The zero-order chi connectivity index (χ0) is 12.4. The fourth-order valence-electron chi connectivity index (χ4n) is 2.03. The lowest BCUT2D eigenvalue weighted by Gasteiger charge is -2.19.